The molecule has 0 bridgehead atoms. The molecule has 1 N–H and O–H groups in total. The van der Waals surface area contributed by atoms with Crippen molar-refractivity contribution in [3.63, 3.8) is 0 Å². The number of fused-ring (bicyclic) bond motifs is 1. The lowest BCUT2D eigenvalue weighted by Gasteiger charge is -2.28. The first-order valence-electron chi connectivity index (χ1n) is 7.77. The Morgan fingerprint density at radius 2 is 2.10 bits per heavy atom. The normalized spacial score (nSPS) is 27.0. The van der Waals surface area contributed by atoms with Crippen molar-refractivity contribution in [1.82, 2.24) is 4.90 Å². The summed E-state index contributed by atoms with van der Waals surface area (Å²) in [5, 5.41) is 8.95. The number of nitrogens with zero attached hydrogens (tertiary/aromatic N) is 1. The average molecular weight is 273 g/mol. The molecule has 0 amide bonds. The molecule has 0 aromatic heterocycles. The first-order chi connectivity index (χ1) is 9.74. The zero-order valence-corrected chi connectivity index (χ0v) is 11.9. The Hall–Kier alpha value is -1.35. The molecule has 3 nitrogen and oxygen atoms in total. The summed E-state index contributed by atoms with van der Waals surface area (Å²) >= 11 is 0. The Labute approximate surface area is 120 Å². The van der Waals surface area contributed by atoms with Crippen LogP contribution in [0.5, 0.6) is 0 Å². The third kappa shape index (κ3) is 2.88. The van der Waals surface area contributed by atoms with Gasteiger partial charge < -0.3 is 5.11 Å². The van der Waals surface area contributed by atoms with Crippen molar-refractivity contribution in [2.24, 2.45) is 5.92 Å². The highest BCUT2D eigenvalue weighted by molar-refractivity contribution is 5.67. The van der Waals surface area contributed by atoms with E-state index in [1.807, 2.05) is 0 Å². The molecular weight excluding hydrogens is 250 g/mol. The van der Waals surface area contributed by atoms with Gasteiger partial charge in [0.05, 0.1) is 0 Å². The molecule has 3 rings (SSSR count). The van der Waals surface area contributed by atoms with E-state index in [4.69, 9.17) is 5.11 Å². The zero-order valence-electron chi connectivity index (χ0n) is 11.9. The molecule has 1 fully saturated rings. The number of rotatable bonds is 3. The van der Waals surface area contributed by atoms with E-state index in [1.165, 1.54) is 36.8 Å². The van der Waals surface area contributed by atoms with Gasteiger partial charge in [0.15, 0.2) is 0 Å². The highest BCUT2D eigenvalue weighted by atomic mass is 16.4. The third-order valence-electron chi connectivity index (χ3n) is 4.81. The number of likely N-dealkylation sites (tertiary alicyclic amines) is 1. The fraction of sp³-hybridized carbons (Fsp3) is 0.588. The van der Waals surface area contributed by atoms with Gasteiger partial charge in [-0.15, -0.1) is 0 Å². The molecule has 2 aliphatic rings. The van der Waals surface area contributed by atoms with E-state index in [1.54, 1.807) is 0 Å². The van der Waals surface area contributed by atoms with Crippen molar-refractivity contribution >= 4 is 5.97 Å². The van der Waals surface area contributed by atoms with Gasteiger partial charge >= 0.3 is 5.97 Å². The van der Waals surface area contributed by atoms with E-state index < -0.39 is 5.97 Å². The molecule has 108 valence electrons. The maximum absolute atomic E-state index is 10.9. The smallest absolute Gasteiger partial charge is 0.303 e. The van der Waals surface area contributed by atoms with Crippen LogP contribution in [0.25, 0.3) is 0 Å². The summed E-state index contributed by atoms with van der Waals surface area (Å²) in [6.45, 7) is 2.00. The van der Waals surface area contributed by atoms with E-state index in [9.17, 15) is 4.79 Å². The van der Waals surface area contributed by atoms with E-state index in [2.05, 4.69) is 29.2 Å². The Morgan fingerprint density at radius 3 is 2.95 bits per heavy atom. The maximum Gasteiger partial charge on any atom is 0.303 e. The van der Waals surface area contributed by atoms with Gasteiger partial charge in [-0.05, 0) is 49.3 Å². The van der Waals surface area contributed by atoms with Crippen LogP contribution in [-0.4, -0.2) is 29.1 Å². The van der Waals surface area contributed by atoms with E-state index in [0.717, 1.165) is 19.5 Å². The standard InChI is InChI=1S/C17H23NO2/c19-17(20)11-13-9-10-18(12-13)16-8-4-2-6-14-5-1-3-7-15(14)16/h1,3,5,7,13,16H,2,4,6,8-12H2,(H,19,20). The van der Waals surface area contributed by atoms with Crippen molar-refractivity contribution in [3.8, 4) is 0 Å². The summed E-state index contributed by atoms with van der Waals surface area (Å²) in [5.41, 5.74) is 2.98. The van der Waals surface area contributed by atoms with Crippen LogP contribution in [0.15, 0.2) is 24.3 Å². The van der Waals surface area contributed by atoms with Crippen molar-refractivity contribution in [2.75, 3.05) is 13.1 Å². The van der Waals surface area contributed by atoms with Gasteiger partial charge in [-0.3, -0.25) is 9.69 Å². The Balaban J connectivity index is 1.75. The third-order valence-corrected chi connectivity index (χ3v) is 4.81. The number of aryl methyl sites for hydroxylation is 1. The molecule has 1 heterocycles. The SMILES string of the molecule is O=C(O)CC1CCN(C2CCCCc3ccccc32)C1. The van der Waals surface area contributed by atoms with Crippen LogP contribution >= 0.6 is 0 Å². The minimum atomic E-state index is -0.655. The van der Waals surface area contributed by atoms with E-state index in [0.29, 0.717) is 18.4 Å². The lowest BCUT2D eigenvalue weighted by atomic mass is 9.98. The lowest BCUT2D eigenvalue weighted by molar-refractivity contribution is -0.138. The fourth-order valence-corrected chi connectivity index (χ4v) is 3.83. The molecule has 1 aliphatic heterocycles. The van der Waals surface area contributed by atoms with Gasteiger partial charge in [-0.1, -0.05) is 30.7 Å². The highest BCUT2D eigenvalue weighted by Crippen LogP contribution is 2.36. The number of hydrogen-bond acceptors (Lipinski definition) is 2. The minimum absolute atomic E-state index is 0.324. The molecule has 0 spiro atoms. The summed E-state index contributed by atoms with van der Waals surface area (Å²) in [6, 6.07) is 9.32. The van der Waals surface area contributed by atoms with Crippen molar-refractivity contribution in [1.29, 1.82) is 0 Å². The molecule has 2 atom stereocenters. The Kier molecular flexibility index (Phi) is 4.06. The zero-order chi connectivity index (χ0) is 13.9. The number of benzene rings is 1. The number of carboxylic acid groups (broad SMARTS) is 1. The van der Waals surface area contributed by atoms with Crippen LogP contribution in [0.1, 0.15) is 49.3 Å². The average Bonchev–Trinajstić information content (AvgIpc) is 2.76. The number of hydrogen-bond donors (Lipinski definition) is 1. The van der Waals surface area contributed by atoms with Gasteiger partial charge in [0.1, 0.15) is 0 Å². The molecule has 1 aromatic carbocycles. The van der Waals surface area contributed by atoms with Crippen LogP contribution < -0.4 is 0 Å². The van der Waals surface area contributed by atoms with E-state index >= 15 is 0 Å². The number of carboxylic acids is 1. The van der Waals surface area contributed by atoms with Gasteiger partial charge in [-0.25, -0.2) is 0 Å². The predicted octanol–water partition coefficient (Wildman–Crippen LogP) is 3.25. The molecular formula is C17H23NO2. The Bertz CT molecular complexity index is 486. The number of aliphatic carboxylic acids is 1. The highest BCUT2D eigenvalue weighted by Gasteiger charge is 2.31. The summed E-state index contributed by atoms with van der Waals surface area (Å²) in [7, 11) is 0. The molecule has 20 heavy (non-hydrogen) atoms. The van der Waals surface area contributed by atoms with Crippen LogP contribution in [0.2, 0.25) is 0 Å². The quantitative estimate of drug-likeness (QED) is 0.859. The van der Waals surface area contributed by atoms with Crippen LogP contribution in [0, 0.1) is 5.92 Å². The minimum Gasteiger partial charge on any atom is -0.481 e. The van der Waals surface area contributed by atoms with Crippen LogP contribution in [0.3, 0.4) is 0 Å². The predicted molar refractivity (Wildman–Crippen MR) is 78.7 cm³/mol. The molecule has 2 unspecified atom stereocenters. The second kappa shape index (κ2) is 5.96. The second-order valence-electron chi connectivity index (χ2n) is 6.21. The summed E-state index contributed by atoms with van der Waals surface area (Å²) in [5.74, 6) is -0.318. The molecule has 3 heteroatoms. The fourth-order valence-electron chi connectivity index (χ4n) is 3.83. The first kappa shape index (κ1) is 13.6. The van der Waals surface area contributed by atoms with Gasteiger partial charge in [0.2, 0.25) is 0 Å². The van der Waals surface area contributed by atoms with Crippen LogP contribution in [0.4, 0.5) is 0 Å². The van der Waals surface area contributed by atoms with Crippen molar-refractivity contribution < 1.29 is 9.90 Å². The largest absolute Gasteiger partial charge is 0.481 e. The summed E-state index contributed by atoms with van der Waals surface area (Å²) in [6.07, 6.45) is 6.32. The van der Waals surface area contributed by atoms with Gasteiger partial charge in [-0.2, -0.15) is 0 Å². The molecule has 1 aliphatic carbocycles. The van der Waals surface area contributed by atoms with Crippen LogP contribution in [-0.2, 0) is 11.2 Å². The second-order valence-corrected chi connectivity index (χ2v) is 6.21. The topological polar surface area (TPSA) is 40.5 Å². The van der Waals surface area contributed by atoms with Gasteiger partial charge in [0.25, 0.3) is 0 Å². The van der Waals surface area contributed by atoms with E-state index in [-0.39, 0.29) is 0 Å². The summed E-state index contributed by atoms with van der Waals surface area (Å²) < 4.78 is 0. The van der Waals surface area contributed by atoms with Gasteiger partial charge in [0, 0.05) is 19.0 Å². The summed E-state index contributed by atoms with van der Waals surface area (Å²) in [4.78, 5) is 13.4. The molecule has 1 saturated heterocycles. The monoisotopic (exact) mass is 273 g/mol. The Morgan fingerprint density at radius 1 is 1.25 bits per heavy atom. The molecule has 0 radical (unpaired) electrons. The molecule has 0 saturated carbocycles. The molecule has 1 aromatic rings. The number of carbonyl (C=O) groups is 1. The first-order valence-corrected chi connectivity index (χ1v) is 7.77. The van der Waals surface area contributed by atoms with Crippen molar-refractivity contribution in [3.05, 3.63) is 35.4 Å². The van der Waals surface area contributed by atoms with Crippen molar-refractivity contribution in [2.45, 2.75) is 44.6 Å². The maximum atomic E-state index is 10.9. The lowest BCUT2D eigenvalue weighted by Crippen LogP contribution is -2.27.